The molecule has 0 amide bonds. The Labute approximate surface area is 155 Å². The van der Waals surface area contributed by atoms with Gasteiger partial charge in [-0.15, -0.1) is 0 Å². The van der Waals surface area contributed by atoms with Crippen LogP contribution in [0.15, 0.2) is 47.5 Å². The van der Waals surface area contributed by atoms with E-state index in [9.17, 15) is 8.42 Å². The molecule has 3 aromatic rings. The second-order valence-corrected chi connectivity index (χ2v) is 7.70. The zero-order chi connectivity index (χ0) is 18.0. The Morgan fingerprint density at radius 3 is 2.72 bits per heavy atom. The molecule has 0 fully saturated rings. The van der Waals surface area contributed by atoms with Crippen molar-refractivity contribution in [2.24, 2.45) is 0 Å². The summed E-state index contributed by atoms with van der Waals surface area (Å²) in [5, 5.41) is 0.867. The van der Waals surface area contributed by atoms with Gasteiger partial charge in [-0.1, -0.05) is 23.2 Å². The van der Waals surface area contributed by atoms with Gasteiger partial charge in [-0.3, -0.25) is 4.72 Å². The lowest BCUT2D eigenvalue weighted by Gasteiger charge is -2.10. The summed E-state index contributed by atoms with van der Waals surface area (Å²) in [4.78, 5) is 3.63. The molecule has 1 N–H and O–H groups in total. The SMILES string of the molecule is COCCn1ccc2cc(NS(=O)(=O)c3ccc(Cl)nc3Cl)ccc21. The highest BCUT2D eigenvalue weighted by molar-refractivity contribution is 7.92. The molecule has 25 heavy (non-hydrogen) atoms. The third-order valence-electron chi connectivity index (χ3n) is 3.63. The summed E-state index contributed by atoms with van der Waals surface area (Å²) < 4.78 is 34.7. The van der Waals surface area contributed by atoms with Crippen LogP contribution in [0.2, 0.25) is 10.3 Å². The van der Waals surface area contributed by atoms with Crippen LogP contribution in [0.3, 0.4) is 0 Å². The van der Waals surface area contributed by atoms with Crippen LogP contribution in [0.1, 0.15) is 0 Å². The number of nitrogens with zero attached hydrogens (tertiary/aromatic N) is 2. The Morgan fingerprint density at radius 1 is 1.20 bits per heavy atom. The van der Waals surface area contributed by atoms with Crippen LogP contribution in [0, 0.1) is 0 Å². The second-order valence-electron chi connectivity index (χ2n) is 5.30. The van der Waals surface area contributed by atoms with Gasteiger partial charge in [0.25, 0.3) is 10.0 Å². The van der Waals surface area contributed by atoms with Crippen molar-refractivity contribution >= 4 is 49.8 Å². The molecular formula is C16H15Cl2N3O3S. The van der Waals surface area contributed by atoms with Gasteiger partial charge in [0.05, 0.1) is 6.61 Å². The summed E-state index contributed by atoms with van der Waals surface area (Å²) >= 11 is 11.6. The predicted molar refractivity (Wildman–Crippen MR) is 98.9 cm³/mol. The quantitative estimate of drug-likeness (QED) is 0.639. The van der Waals surface area contributed by atoms with Crippen LogP contribution in [0.25, 0.3) is 10.9 Å². The summed E-state index contributed by atoms with van der Waals surface area (Å²) in [6.07, 6.45) is 1.93. The molecule has 2 heterocycles. The van der Waals surface area contributed by atoms with E-state index in [4.69, 9.17) is 27.9 Å². The van der Waals surface area contributed by atoms with Crippen molar-refractivity contribution in [1.29, 1.82) is 0 Å². The number of nitrogens with one attached hydrogen (secondary N) is 1. The third kappa shape index (κ3) is 3.90. The fraction of sp³-hybridized carbons (Fsp3) is 0.188. The van der Waals surface area contributed by atoms with Gasteiger partial charge in [-0.05, 0) is 36.4 Å². The minimum atomic E-state index is -3.87. The minimum Gasteiger partial charge on any atom is -0.383 e. The number of pyridine rings is 1. The number of aromatic nitrogens is 2. The van der Waals surface area contributed by atoms with Crippen molar-refractivity contribution in [3.8, 4) is 0 Å². The van der Waals surface area contributed by atoms with Crippen LogP contribution < -0.4 is 4.72 Å². The normalized spacial score (nSPS) is 11.8. The summed E-state index contributed by atoms with van der Waals surface area (Å²) in [5.41, 5.74) is 1.43. The molecule has 3 rings (SSSR count). The van der Waals surface area contributed by atoms with Crippen molar-refractivity contribution in [2.45, 2.75) is 11.4 Å². The van der Waals surface area contributed by atoms with Crippen molar-refractivity contribution < 1.29 is 13.2 Å². The minimum absolute atomic E-state index is 0.128. The summed E-state index contributed by atoms with van der Waals surface area (Å²) in [6, 6.07) is 9.92. The number of halogens is 2. The van der Waals surface area contributed by atoms with Crippen LogP contribution in [-0.2, 0) is 21.3 Å². The highest BCUT2D eigenvalue weighted by Crippen LogP contribution is 2.26. The van der Waals surface area contributed by atoms with E-state index in [1.54, 1.807) is 19.2 Å². The first kappa shape index (κ1) is 18.0. The van der Waals surface area contributed by atoms with Gasteiger partial charge < -0.3 is 9.30 Å². The van der Waals surface area contributed by atoms with Gasteiger partial charge in [-0.2, -0.15) is 0 Å². The number of hydrogen-bond donors (Lipinski definition) is 1. The Bertz CT molecular complexity index is 1020. The molecule has 0 unspecified atom stereocenters. The molecule has 0 saturated carbocycles. The van der Waals surface area contributed by atoms with E-state index in [1.807, 2.05) is 22.9 Å². The summed E-state index contributed by atoms with van der Waals surface area (Å²) in [7, 11) is -2.22. The lowest BCUT2D eigenvalue weighted by atomic mass is 10.2. The predicted octanol–water partition coefficient (Wildman–Crippen LogP) is 3.79. The zero-order valence-electron chi connectivity index (χ0n) is 13.2. The standard InChI is InChI=1S/C16H15Cl2N3O3S/c1-24-9-8-21-7-6-11-10-12(2-3-13(11)21)20-25(22,23)14-4-5-15(17)19-16(14)18/h2-7,10,20H,8-9H2,1H3. The highest BCUT2D eigenvalue weighted by atomic mass is 35.5. The molecule has 9 heteroatoms. The van der Waals surface area contributed by atoms with E-state index < -0.39 is 10.0 Å². The maximum atomic E-state index is 12.5. The number of methoxy groups -OCH3 is 1. The first-order valence-corrected chi connectivity index (χ1v) is 9.57. The Kier molecular flexibility index (Phi) is 5.19. The van der Waals surface area contributed by atoms with Gasteiger partial charge in [0.15, 0.2) is 5.15 Å². The maximum Gasteiger partial charge on any atom is 0.264 e. The van der Waals surface area contributed by atoms with Crippen LogP contribution in [-0.4, -0.2) is 31.7 Å². The van der Waals surface area contributed by atoms with Gasteiger partial charge >= 0.3 is 0 Å². The maximum absolute atomic E-state index is 12.5. The third-order valence-corrected chi connectivity index (χ3v) is 5.65. The first-order chi connectivity index (χ1) is 11.9. The Morgan fingerprint density at radius 2 is 2.00 bits per heavy atom. The van der Waals surface area contributed by atoms with Crippen molar-refractivity contribution in [1.82, 2.24) is 9.55 Å². The topological polar surface area (TPSA) is 73.2 Å². The molecule has 0 aliphatic carbocycles. The number of sulfonamides is 1. The number of fused-ring (bicyclic) bond motifs is 1. The van der Waals surface area contributed by atoms with E-state index in [0.717, 1.165) is 17.4 Å². The van der Waals surface area contributed by atoms with E-state index >= 15 is 0 Å². The van der Waals surface area contributed by atoms with Crippen LogP contribution in [0.5, 0.6) is 0 Å². The molecule has 0 aliphatic rings. The molecule has 0 bridgehead atoms. The van der Waals surface area contributed by atoms with Crippen molar-refractivity contribution in [3.63, 3.8) is 0 Å². The second kappa shape index (κ2) is 7.21. The van der Waals surface area contributed by atoms with E-state index in [0.29, 0.717) is 12.3 Å². The van der Waals surface area contributed by atoms with Crippen LogP contribution in [0.4, 0.5) is 5.69 Å². The highest BCUT2D eigenvalue weighted by Gasteiger charge is 2.19. The molecule has 0 atom stereocenters. The van der Waals surface area contributed by atoms with Gasteiger partial charge in [0.2, 0.25) is 0 Å². The molecule has 0 aliphatic heterocycles. The smallest absolute Gasteiger partial charge is 0.264 e. The van der Waals surface area contributed by atoms with Crippen LogP contribution >= 0.6 is 23.2 Å². The van der Waals surface area contributed by atoms with Gasteiger partial charge in [0.1, 0.15) is 10.0 Å². The van der Waals surface area contributed by atoms with Gasteiger partial charge in [0, 0.05) is 36.4 Å². The van der Waals surface area contributed by atoms with Crippen molar-refractivity contribution in [3.05, 3.63) is 52.9 Å². The molecule has 1 aromatic carbocycles. The molecule has 6 nitrogen and oxygen atoms in total. The number of anilines is 1. The Hall–Kier alpha value is -1.80. The number of hydrogen-bond acceptors (Lipinski definition) is 4. The van der Waals surface area contributed by atoms with E-state index in [1.165, 1.54) is 12.1 Å². The first-order valence-electron chi connectivity index (χ1n) is 7.33. The molecule has 0 saturated heterocycles. The Balaban J connectivity index is 1.89. The number of ether oxygens (including phenoxy) is 1. The average Bonchev–Trinajstić information content (AvgIpc) is 2.94. The number of benzene rings is 1. The molecule has 0 radical (unpaired) electrons. The lowest BCUT2D eigenvalue weighted by Crippen LogP contribution is -2.14. The largest absolute Gasteiger partial charge is 0.383 e. The summed E-state index contributed by atoms with van der Waals surface area (Å²) in [6.45, 7) is 1.32. The zero-order valence-corrected chi connectivity index (χ0v) is 15.6. The van der Waals surface area contributed by atoms with E-state index in [2.05, 4.69) is 9.71 Å². The number of rotatable bonds is 6. The summed E-state index contributed by atoms with van der Waals surface area (Å²) in [5.74, 6) is 0. The fourth-order valence-corrected chi connectivity index (χ4v) is 4.17. The average molecular weight is 400 g/mol. The van der Waals surface area contributed by atoms with Crippen molar-refractivity contribution in [2.75, 3.05) is 18.4 Å². The van der Waals surface area contributed by atoms with Gasteiger partial charge in [-0.25, -0.2) is 13.4 Å². The molecule has 132 valence electrons. The molecule has 0 spiro atoms. The fourth-order valence-electron chi connectivity index (χ4n) is 2.46. The molecular weight excluding hydrogens is 385 g/mol. The monoisotopic (exact) mass is 399 g/mol. The molecule has 2 aromatic heterocycles. The van der Waals surface area contributed by atoms with E-state index in [-0.39, 0.29) is 15.2 Å². The lowest BCUT2D eigenvalue weighted by molar-refractivity contribution is 0.188.